The van der Waals surface area contributed by atoms with Crippen molar-refractivity contribution in [1.82, 2.24) is 0 Å². The topological polar surface area (TPSA) is 18.5 Å². The molecule has 0 N–H and O–H groups in total. The Balaban J connectivity index is 1.29. The van der Waals surface area contributed by atoms with Crippen molar-refractivity contribution in [3.63, 3.8) is 0 Å². The quantitative estimate of drug-likeness (QED) is 0.404. The monoisotopic (exact) mass is 410 g/mol. The van der Waals surface area contributed by atoms with Crippen molar-refractivity contribution in [3.8, 4) is 0 Å². The summed E-state index contributed by atoms with van der Waals surface area (Å²) in [6.07, 6.45) is 14.8. The van der Waals surface area contributed by atoms with Gasteiger partial charge in [0.15, 0.2) is 5.79 Å². The average molecular weight is 411 g/mol. The van der Waals surface area contributed by atoms with E-state index in [1.807, 2.05) is 5.57 Å². The zero-order valence-corrected chi connectivity index (χ0v) is 19.7. The maximum Gasteiger partial charge on any atom is 0.172 e. The molecular weight excluding hydrogens is 368 g/mol. The lowest BCUT2D eigenvalue weighted by atomic mass is 9.46. The van der Waals surface area contributed by atoms with Gasteiger partial charge in [-0.25, -0.2) is 0 Å². The minimum absolute atomic E-state index is 0.327. The normalized spacial score (nSPS) is 57.4. The summed E-state index contributed by atoms with van der Waals surface area (Å²) in [5.74, 6) is 4.33. The first-order chi connectivity index (χ1) is 14.3. The van der Waals surface area contributed by atoms with Crippen LogP contribution in [0.1, 0.15) is 85.5 Å². The molecule has 2 saturated heterocycles. The van der Waals surface area contributed by atoms with Crippen LogP contribution >= 0.6 is 0 Å². The lowest BCUT2D eigenvalue weighted by Gasteiger charge is -2.58. The van der Waals surface area contributed by atoms with Crippen LogP contribution in [0.3, 0.4) is 0 Å². The fraction of sp³-hybridized carbons (Fsp3) is 0.857. The molecule has 0 bridgehead atoms. The Morgan fingerprint density at radius 1 is 1.07 bits per heavy atom. The molecule has 2 heteroatoms. The van der Waals surface area contributed by atoms with Gasteiger partial charge in [0.2, 0.25) is 0 Å². The first kappa shape index (κ1) is 20.0. The second-order valence-electron chi connectivity index (χ2n) is 12.7. The van der Waals surface area contributed by atoms with Crippen molar-refractivity contribution in [2.45, 2.75) is 97.4 Å². The summed E-state index contributed by atoms with van der Waals surface area (Å²) in [6, 6.07) is 0. The molecule has 2 heterocycles. The summed E-state index contributed by atoms with van der Waals surface area (Å²) >= 11 is 0. The summed E-state index contributed by atoms with van der Waals surface area (Å²) in [6.45, 7) is 15.0. The van der Waals surface area contributed by atoms with Gasteiger partial charge in [-0.2, -0.15) is 0 Å². The molecule has 1 spiro atoms. The maximum atomic E-state index is 6.88. The summed E-state index contributed by atoms with van der Waals surface area (Å²) in [4.78, 5) is 0. The molecule has 4 aliphatic carbocycles. The van der Waals surface area contributed by atoms with Gasteiger partial charge in [-0.1, -0.05) is 51.5 Å². The van der Waals surface area contributed by atoms with E-state index in [1.165, 1.54) is 50.5 Å². The number of fused-ring (bicyclic) bond motifs is 7. The zero-order chi connectivity index (χ0) is 20.9. The van der Waals surface area contributed by atoms with Crippen LogP contribution in [-0.2, 0) is 9.47 Å². The van der Waals surface area contributed by atoms with E-state index < -0.39 is 0 Å². The van der Waals surface area contributed by atoms with E-state index in [0.29, 0.717) is 35.4 Å². The van der Waals surface area contributed by atoms with E-state index in [9.17, 15) is 0 Å². The Labute approximate surface area is 183 Å². The van der Waals surface area contributed by atoms with Crippen molar-refractivity contribution < 1.29 is 9.47 Å². The van der Waals surface area contributed by atoms with Crippen molar-refractivity contribution in [3.05, 3.63) is 23.8 Å². The molecular formula is C28H42O2. The van der Waals surface area contributed by atoms with Crippen LogP contribution in [0.15, 0.2) is 23.8 Å². The highest BCUT2D eigenvalue weighted by Gasteiger charge is 2.68. The van der Waals surface area contributed by atoms with Crippen LogP contribution in [0.5, 0.6) is 0 Å². The summed E-state index contributed by atoms with van der Waals surface area (Å²) in [5.41, 5.74) is 3.97. The highest BCUT2D eigenvalue weighted by Crippen LogP contribution is 2.70. The minimum atomic E-state index is -0.327. The van der Waals surface area contributed by atoms with Gasteiger partial charge in [0.05, 0.1) is 12.7 Å². The molecule has 0 amide bonds. The van der Waals surface area contributed by atoms with Gasteiger partial charge >= 0.3 is 0 Å². The first-order valence-electron chi connectivity index (χ1n) is 12.9. The molecule has 10 unspecified atom stereocenters. The highest BCUT2D eigenvalue weighted by molar-refractivity contribution is 5.26. The van der Waals surface area contributed by atoms with Crippen molar-refractivity contribution in [1.29, 1.82) is 0 Å². The fourth-order valence-electron chi connectivity index (χ4n) is 9.69. The van der Waals surface area contributed by atoms with Crippen LogP contribution in [-0.4, -0.2) is 18.5 Å². The predicted octanol–water partition coefficient (Wildman–Crippen LogP) is 6.91. The third-order valence-corrected chi connectivity index (χ3v) is 11.4. The number of allylic oxidation sites excluding steroid dienone is 2. The molecule has 2 nitrogen and oxygen atoms in total. The van der Waals surface area contributed by atoms with Gasteiger partial charge < -0.3 is 9.47 Å². The Kier molecular flexibility index (Phi) is 4.32. The molecule has 0 radical (unpaired) electrons. The standard InChI is InChI=1S/C28H42O2/c1-17-8-11-26(4)20(14-17)6-7-21-22(26)10-12-27(5)23(21)15-24-25(27)19(3)28(30-24)13-9-18(2)16-29-28/h6,17,19,21-25H,2,7-16H2,1,3-5H3. The lowest BCUT2D eigenvalue weighted by molar-refractivity contribution is -0.255. The molecule has 6 rings (SSSR count). The summed E-state index contributed by atoms with van der Waals surface area (Å²) in [7, 11) is 0. The van der Waals surface area contributed by atoms with Crippen molar-refractivity contribution >= 4 is 0 Å². The molecule has 3 saturated carbocycles. The number of rotatable bonds is 0. The Hall–Kier alpha value is -0.600. The molecule has 166 valence electrons. The van der Waals surface area contributed by atoms with Crippen LogP contribution in [0.2, 0.25) is 0 Å². The average Bonchev–Trinajstić information content (AvgIpc) is 3.16. The van der Waals surface area contributed by atoms with E-state index >= 15 is 0 Å². The second-order valence-corrected chi connectivity index (χ2v) is 12.7. The van der Waals surface area contributed by atoms with Crippen LogP contribution in [0.4, 0.5) is 0 Å². The van der Waals surface area contributed by atoms with Crippen LogP contribution in [0, 0.1) is 46.3 Å². The van der Waals surface area contributed by atoms with E-state index in [1.54, 1.807) is 0 Å². The van der Waals surface area contributed by atoms with Gasteiger partial charge in [0.1, 0.15) is 0 Å². The minimum Gasteiger partial charge on any atom is -0.346 e. The van der Waals surface area contributed by atoms with Crippen molar-refractivity contribution in [2.75, 3.05) is 6.61 Å². The lowest BCUT2D eigenvalue weighted by Crippen LogP contribution is -2.52. The fourth-order valence-corrected chi connectivity index (χ4v) is 9.69. The number of hydrogen-bond acceptors (Lipinski definition) is 2. The van der Waals surface area contributed by atoms with Crippen LogP contribution < -0.4 is 0 Å². The SMILES string of the molecule is C=C1CCC2(OC1)OC1CC3C4CC=C5CC(C)CCC5(C)C4CCC3(C)C1C2C. The number of hydrogen-bond donors (Lipinski definition) is 0. The Morgan fingerprint density at radius 2 is 1.90 bits per heavy atom. The van der Waals surface area contributed by atoms with Crippen molar-refractivity contribution in [2.24, 2.45) is 46.3 Å². The van der Waals surface area contributed by atoms with Gasteiger partial charge in [-0.3, -0.25) is 0 Å². The molecule has 2 aliphatic heterocycles. The second kappa shape index (κ2) is 6.47. The highest BCUT2D eigenvalue weighted by atomic mass is 16.7. The van der Waals surface area contributed by atoms with E-state index in [-0.39, 0.29) is 5.79 Å². The number of ether oxygens (including phenoxy) is 2. The Morgan fingerprint density at radius 3 is 2.67 bits per heavy atom. The zero-order valence-electron chi connectivity index (χ0n) is 19.7. The molecule has 0 aromatic heterocycles. The molecule has 30 heavy (non-hydrogen) atoms. The smallest absolute Gasteiger partial charge is 0.172 e. The van der Waals surface area contributed by atoms with E-state index in [2.05, 4.69) is 40.3 Å². The third-order valence-electron chi connectivity index (χ3n) is 11.4. The maximum absolute atomic E-state index is 6.88. The Bertz CT molecular complexity index is 772. The van der Waals surface area contributed by atoms with E-state index in [0.717, 1.165) is 36.5 Å². The summed E-state index contributed by atoms with van der Waals surface area (Å²) < 4.78 is 13.3. The first-order valence-corrected chi connectivity index (χ1v) is 12.9. The predicted molar refractivity (Wildman–Crippen MR) is 121 cm³/mol. The van der Waals surface area contributed by atoms with Gasteiger partial charge in [-0.05, 0) is 91.8 Å². The summed E-state index contributed by atoms with van der Waals surface area (Å²) in [5, 5.41) is 0. The van der Waals surface area contributed by atoms with Gasteiger partial charge in [0, 0.05) is 12.3 Å². The molecule has 0 aromatic rings. The molecule has 5 fully saturated rings. The largest absolute Gasteiger partial charge is 0.346 e. The third kappa shape index (κ3) is 2.50. The van der Waals surface area contributed by atoms with Crippen LogP contribution in [0.25, 0.3) is 0 Å². The van der Waals surface area contributed by atoms with Gasteiger partial charge in [-0.15, -0.1) is 0 Å². The molecule has 10 atom stereocenters. The van der Waals surface area contributed by atoms with E-state index in [4.69, 9.17) is 9.47 Å². The molecule has 0 aromatic carbocycles. The molecule has 6 aliphatic rings. The van der Waals surface area contributed by atoms with Gasteiger partial charge in [0.25, 0.3) is 0 Å².